The fraction of sp³-hybridized carbons (Fsp3) is 0.350. The van der Waals surface area contributed by atoms with Gasteiger partial charge in [-0.25, -0.2) is 8.42 Å². The van der Waals surface area contributed by atoms with Crippen LogP contribution in [-0.4, -0.2) is 57.1 Å². The minimum atomic E-state index is -3.36. The predicted molar refractivity (Wildman–Crippen MR) is 117 cm³/mol. The fourth-order valence-electron chi connectivity index (χ4n) is 3.22. The Kier molecular flexibility index (Phi) is 7.40. The van der Waals surface area contributed by atoms with Gasteiger partial charge in [0.2, 0.25) is 10.0 Å². The second kappa shape index (κ2) is 9.80. The minimum absolute atomic E-state index is 0.0120. The third-order valence-electron chi connectivity index (χ3n) is 4.79. The maximum Gasteiger partial charge on any atom is 0.252 e. The summed E-state index contributed by atoms with van der Waals surface area (Å²) < 4.78 is 26.7. The number of sulfonamides is 1. The van der Waals surface area contributed by atoms with Crippen molar-refractivity contribution in [1.82, 2.24) is 9.62 Å². The molecule has 1 saturated heterocycles. The van der Waals surface area contributed by atoms with E-state index in [1.165, 1.54) is 10.4 Å². The van der Waals surface area contributed by atoms with E-state index in [2.05, 4.69) is 10.2 Å². The number of carbonyl (C=O) groups is 1. The molecule has 0 saturated carbocycles. The van der Waals surface area contributed by atoms with Gasteiger partial charge < -0.3 is 10.2 Å². The molecule has 0 aromatic heterocycles. The Balaban J connectivity index is 1.44. The number of amides is 1. The summed E-state index contributed by atoms with van der Waals surface area (Å²) in [5.41, 5.74) is 1.38. The van der Waals surface area contributed by atoms with E-state index in [1.54, 1.807) is 12.1 Å². The number of rotatable bonds is 7. The molecule has 1 aliphatic heterocycles. The average molecular weight is 456 g/mol. The second-order valence-corrected chi connectivity index (χ2v) is 9.70. The second-order valence-electron chi connectivity index (χ2n) is 6.77. The molecule has 6 nitrogen and oxygen atoms in total. The van der Waals surface area contributed by atoms with Crippen molar-refractivity contribution in [2.75, 3.05) is 43.4 Å². The normalized spacial score (nSPS) is 15.3. The lowest BCUT2D eigenvalue weighted by atomic mass is 10.2. The van der Waals surface area contributed by atoms with Crippen LogP contribution < -0.4 is 10.2 Å². The van der Waals surface area contributed by atoms with Gasteiger partial charge in [0.05, 0.1) is 16.3 Å². The summed E-state index contributed by atoms with van der Waals surface area (Å²) in [6.07, 6.45) is 0.325. The summed E-state index contributed by atoms with van der Waals surface area (Å²) in [6.45, 7) is 2.48. The molecule has 1 fully saturated rings. The van der Waals surface area contributed by atoms with E-state index < -0.39 is 10.0 Å². The van der Waals surface area contributed by atoms with Crippen molar-refractivity contribution in [3.05, 3.63) is 64.1 Å². The van der Waals surface area contributed by atoms with Crippen molar-refractivity contribution in [2.45, 2.75) is 6.42 Å². The Bertz CT molecular complexity index is 947. The highest BCUT2D eigenvalue weighted by atomic mass is 35.5. The van der Waals surface area contributed by atoms with Gasteiger partial charge in [0.1, 0.15) is 0 Å². The molecule has 0 bridgehead atoms. The molecule has 0 radical (unpaired) electrons. The SMILES string of the molecule is O=C(NCCCS(=O)(=O)N1CCN(c2ccccc2)CC1)c1cc(Cl)ccc1Cl. The Labute approximate surface area is 181 Å². The molecular formula is C20H23Cl2N3O3S. The van der Waals surface area contributed by atoms with E-state index in [-0.39, 0.29) is 23.8 Å². The summed E-state index contributed by atoms with van der Waals surface area (Å²) in [5.74, 6) is -0.381. The molecule has 1 N–H and O–H groups in total. The Morgan fingerprint density at radius 1 is 1.00 bits per heavy atom. The highest BCUT2D eigenvalue weighted by Gasteiger charge is 2.26. The van der Waals surface area contributed by atoms with Gasteiger partial charge in [0, 0.05) is 43.4 Å². The largest absolute Gasteiger partial charge is 0.369 e. The van der Waals surface area contributed by atoms with Crippen molar-refractivity contribution in [3.8, 4) is 0 Å². The molecule has 0 spiro atoms. The van der Waals surface area contributed by atoms with E-state index >= 15 is 0 Å². The monoisotopic (exact) mass is 455 g/mol. The number of piperazine rings is 1. The fourth-order valence-corrected chi connectivity index (χ4v) is 5.08. The first kappa shape index (κ1) is 21.9. The van der Waals surface area contributed by atoms with Crippen molar-refractivity contribution in [1.29, 1.82) is 0 Å². The molecule has 0 atom stereocenters. The summed E-state index contributed by atoms with van der Waals surface area (Å²) in [7, 11) is -3.36. The number of nitrogens with zero attached hydrogens (tertiary/aromatic N) is 2. The van der Waals surface area contributed by atoms with Crippen LogP contribution >= 0.6 is 23.2 Å². The highest BCUT2D eigenvalue weighted by molar-refractivity contribution is 7.89. The molecule has 2 aromatic carbocycles. The molecule has 9 heteroatoms. The summed E-state index contributed by atoms with van der Waals surface area (Å²) in [5, 5.41) is 3.41. The zero-order valence-corrected chi connectivity index (χ0v) is 18.2. The number of hydrogen-bond donors (Lipinski definition) is 1. The summed E-state index contributed by atoms with van der Waals surface area (Å²) in [4.78, 5) is 14.4. The van der Waals surface area contributed by atoms with Crippen molar-refractivity contribution in [2.24, 2.45) is 0 Å². The van der Waals surface area contributed by atoms with Crippen molar-refractivity contribution < 1.29 is 13.2 Å². The molecule has 29 heavy (non-hydrogen) atoms. The van der Waals surface area contributed by atoms with Gasteiger partial charge in [-0.15, -0.1) is 0 Å². The standard InChI is InChI=1S/C20H23Cl2N3O3S/c21-16-7-8-19(22)18(15-16)20(26)23-9-4-14-29(27,28)25-12-10-24(11-13-25)17-5-2-1-3-6-17/h1-3,5-8,15H,4,9-14H2,(H,23,26). The molecule has 2 aromatic rings. The van der Waals surface area contributed by atoms with E-state index in [9.17, 15) is 13.2 Å². The lowest BCUT2D eigenvalue weighted by molar-refractivity contribution is 0.0954. The predicted octanol–water partition coefficient (Wildman–Crippen LogP) is 3.27. The molecule has 3 rings (SSSR count). The molecule has 1 amide bonds. The maximum atomic E-state index is 12.6. The van der Waals surface area contributed by atoms with E-state index in [4.69, 9.17) is 23.2 Å². The topological polar surface area (TPSA) is 69.7 Å². The molecule has 1 aliphatic rings. The number of halogens is 2. The molecule has 156 valence electrons. The smallest absolute Gasteiger partial charge is 0.252 e. The van der Waals surface area contributed by atoms with Crippen LogP contribution in [0.25, 0.3) is 0 Å². The lowest BCUT2D eigenvalue weighted by Crippen LogP contribution is -2.49. The number of benzene rings is 2. The van der Waals surface area contributed by atoms with Gasteiger partial charge in [-0.1, -0.05) is 41.4 Å². The van der Waals surface area contributed by atoms with Crippen LogP contribution in [0.5, 0.6) is 0 Å². The van der Waals surface area contributed by atoms with Gasteiger partial charge in [-0.2, -0.15) is 4.31 Å². The van der Waals surface area contributed by atoms with Gasteiger partial charge in [-0.05, 0) is 36.8 Å². The quantitative estimate of drug-likeness (QED) is 0.650. The van der Waals surface area contributed by atoms with Crippen LogP contribution in [-0.2, 0) is 10.0 Å². The summed E-state index contributed by atoms with van der Waals surface area (Å²) >= 11 is 11.9. The van der Waals surface area contributed by atoms with Gasteiger partial charge in [0.15, 0.2) is 0 Å². The van der Waals surface area contributed by atoms with Crippen LogP contribution in [0.2, 0.25) is 10.0 Å². The number of hydrogen-bond acceptors (Lipinski definition) is 4. The Hall–Kier alpha value is -1.80. The van der Waals surface area contributed by atoms with Gasteiger partial charge >= 0.3 is 0 Å². The Morgan fingerprint density at radius 3 is 2.38 bits per heavy atom. The van der Waals surface area contributed by atoms with Crippen LogP contribution in [0.4, 0.5) is 5.69 Å². The lowest BCUT2D eigenvalue weighted by Gasteiger charge is -2.35. The zero-order chi connectivity index (χ0) is 20.9. The van der Waals surface area contributed by atoms with Crippen LogP contribution in [0.15, 0.2) is 48.5 Å². The van der Waals surface area contributed by atoms with Crippen molar-refractivity contribution in [3.63, 3.8) is 0 Å². The molecule has 0 aliphatic carbocycles. The number of carbonyl (C=O) groups excluding carboxylic acids is 1. The highest BCUT2D eigenvalue weighted by Crippen LogP contribution is 2.20. The van der Waals surface area contributed by atoms with Gasteiger partial charge in [-0.3, -0.25) is 4.79 Å². The van der Waals surface area contributed by atoms with E-state index in [0.717, 1.165) is 5.69 Å². The maximum absolute atomic E-state index is 12.6. The van der Waals surface area contributed by atoms with E-state index in [0.29, 0.717) is 42.6 Å². The van der Waals surface area contributed by atoms with Crippen LogP contribution in [0, 0.1) is 0 Å². The number of nitrogens with one attached hydrogen (secondary N) is 1. The van der Waals surface area contributed by atoms with E-state index in [1.807, 2.05) is 30.3 Å². The minimum Gasteiger partial charge on any atom is -0.369 e. The molecule has 0 unspecified atom stereocenters. The number of para-hydroxylation sites is 1. The third kappa shape index (κ3) is 5.85. The summed E-state index contributed by atoms with van der Waals surface area (Å²) in [6, 6.07) is 14.6. The van der Waals surface area contributed by atoms with Crippen LogP contribution in [0.1, 0.15) is 16.8 Å². The first-order valence-electron chi connectivity index (χ1n) is 9.38. The van der Waals surface area contributed by atoms with Crippen LogP contribution in [0.3, 0.4) is 0 Å². The Morgan fingerprint density at radius 2 is 1.69 bits per heavy atom. The zero-order valence-electron chi connectivity index (χ0n) is 15.9. The van der Waals surface area contributed by atoms with Crippen molar-refractivity contribution >= 4 is 44.8 Å². The molecular weight excluding hydrogens is 433 g/mol. The first-order chi connectivity index (χ1) is 13.9. The molecule has 1 heterocycles. The number of anilines is 1. The first-order valence-corrected chi connectivity index (χ1v) is 11.7. The average Bonchev–Trinajstić information content (AvgIpc) is 2.73. The van der Waals surface area contributed by atoms with Gasteiger partial charge in [0.25, 0.3) is 5.91 Å². The third-order valence-corrected chi connectivity index (χ3v) is 7.31.